The maximum absolute atomic E-state index is 13.7. The van der Waals surface area contributed by atoms with Crippen molar-refractivity contribution in [1.82, 2.24) is 0 Å². The Kier molecular flexibility index (Phi) is 4.33. The van der Waals surface area contributed by atoms with Gasteiger partial charge < -0.3 is 0 Å². The second kappa shape index (κ2) is 5.83. The Morgan fingerprint density at radius 1 is 1.00 bits per heavy atom. The Balaban J connectivity index is 2.33. The number of rotatable bonds is 3. The normalized spacial score (nSPS) is 10.7. The monoisotopic (exact) mass is 338 g/mol. The molecule has 2 aromatic rings. The first-order valence-electron chi connectivity index (χ1n) is 6.11. The highest BCUT2D eigenvalue weighted by Gasteiger charge is 2.18. The molecule has 1 nitrogen and oxygen atoms in total. The molecule has 2 rings (SSSR count). The minimum Gasteiger partial charge on any atom is -0.294 e. The van der Waals surface area contributed by atoms with Crippen LogP contribution in [0.25, 0.3) is 0 Å². The molecule has 104 valence electrons. The van der Waals surface area contributed by atoms with E-state index in [1.807, 2.05) is 32.0 Å². The van der Waals surface area contributed by atoms with Gasteiger partial charge in [0.15, 0.2) is 5.78 Å². The third kappa shape index (κ3) is 3.31. The van der Waals surface area contributed by atoms with Crippen molar-refractivity contribution in [3.63, 3.8) is 0 Å². The van der Waals surface area contributed by atoms with Crippen molar-refractivity contribution in [2.24, 2.45) is 0 Å². The van der Waals surface area contributed by atoms with E-state index in [9.17, 15) is 13.6 Å². The molecule has 0 unspecified atom stereocenters. The van der Waals surface area contributed by atoms with Crippen molar-refractivity contribution in [2.45, 2.75) is 20.3 Å². The summed E-state index contributed by atoms with van der Waals surface area (Å²) >= 11 is 2.99. The van der Waals surface area contributed by atoms with Crippen LogP contribution >= 0.6 is 15.9 Å². The van der Waals surface area contributed by atoms with Crippen molar-refractivity contribution in [3.05, 3.63) is 68.7 Å². The Labute approximate surface area is 124 Å². The molecular weight excluding hydrogens is 326 g/mol. The summed E-state index contributed by atoms with van der Waals surface area (Å²) in [6, 6.07) is 7.86. The molecule has 0 atom stereocenters. The largest absolute Gasteiger partial charge is 0.294 e. The van der Waals surface area contributed by atoms with Gasteiger partial charge in [-0.15, -0.1) is 0 Å². The average molecular weight is 339 g/mol. The lowest BCUT2D eigenvalue weighted by Gasteiger charge is -2.07. The van der Waals surface area contributed by atoms with E-state index in [4.69, 9.17) is 0 Å². The van der Waals surface area contributed by atoms with Crippen molar-refractivity contribution in [3.8, 4) is 0 Å². The van der Waals surface area contributed by atoms with Gasteiger partial charge in [0.05, 0.1) is 5.56 Å². The first kappa shape index (κ1) is 14.9. The number of Topliss-reactive ketones (excluding diaryl/α,β-unsaturated/α-hetero) is 1. The van der Waals surface area contributed by atoms with E-state index in [0.29, 0.717) is 0 Å². The van der Waals surface area contributed by atoms with Crippen LogP contribution in [0.3, 0.4) is 0 Å². The zero-order valence-corrected chi connectivity index (χ0v) is 12.7. The third-order valence-electron chi connectivity index (χ3n) is 2.93. The highest BCUT2D eigenvalue weighted by Crippen LogP contribution is 2.21. The Morgan fingerprint density at radius 3 is 2.00 bits per heavy atom. The number of carbonyl (C=O) groups excluding carboxylic acids is 1. The minimum absolute atomic E-state index is 0.0159. The first-order valence-corrected chi connectivity index (χ1v) is 6.91. The van der Waals surface area contributed by atoms with Crippen LogP contribution in [-0.2, 0) is 6.42 Å². The number of carbonyl (C=O) groups is 1. The van der Waals surface area contributed by atoms with E-state index in [1.54, 1.807) is 0 Å². The number of hydrogen-bond acceptors (Lipinski definition) is 1. The van der Waals surface area contributed by atoms with Crippen LogP contribution in [0.1, 0.15) is 27.0 Å². The van der Waals surface area contributed by atoms with Gasteiger partial charge in [-0.1, -0.05) is 45.3 Å². The summed E-state index contributed by atoms with van der Waals surface area (Å²) in [5.74, 6) is -2.24. The molecule has 0 spiro atoms. The fraction of sp³-hybridized carbons (Fsp3) is 0.188. The molecule has 0 amide bonds. The number of halogens is 3. The van der Waals surface area contributed by atoms with Gasteiger partial charge in [0.2, 0.25) is 0 Å². The molecule has 4 heteroatoms. The van der Waals surface area contributed by atoms with E-state index in [-0.39, 0.29) is 10.9 Å². The molecule has 20 heavy (non-hydrogen) atoms. The maximum atomic E-state index is 13.7. The van der Waals surface area contributed by atoms with E-state index in [1.165, 1.54) is 0 Å². The van der Waals surface area contributed by atoms with Crippen LogP contribution < -0.4 is 0 Å². The zero-order chi connectivity index (χ0) is 14.9. The van der Waals surface area contributed by atoms with Crippen LogP contribution in [0.4, 0.5) is 8.78 Å². The Hall–Kier alpha value is -1.55. The first-order chi connectivity index (χ1) is 9.36. The molecule has 0 aromatic heterocycles. The minimum atomic E-state index is -0.841. The number of aryl methyl sites for hydroxylation is 2. The summed E-state index contributed by atoms with van der Waals surface area (Å²) in [5, 5.41) is 0. The second-order valence-corrected chi connectivity index (χ2v) is 5.76. The van der Waals surface area contributed by atoms with E-state index in [2.05, 4.69) is 15.9 Å². The highest BCUT2D eigenvalue weighted by molar-refractivity contribution is 9.10. The predicted octanol–water partition coefficient (Wildman–Crippen LogP) is 4.77. The molecule has 0 saturated heterocycles. The lowest BCUT2D eigenvalue weighted by Crippen LogP contribution is -2.09. The fourth-order valence-corrected chi connectivity index (χ4v) is 2.66. The molecule has 0 bridgehead atoms. The summed E-state index contributed by atoms with van der Waals surface area (Å²) < 4.78 is 27.7. The molecule has 0 N–H and O–H groups in total. The quantitative estimate of drug-likeness (QED) is 0.736. The van der Waals surface area contributed by atoms with Gasteiger partial charge in [0.25, 0.3) is 0 Å². The molecular formula is C16H13BrF2O. The van der Waals surface area contributed by atoms with Crippen LogP contribution in [0, 0.1) is 25.5 Å². The number of hydrogen-bond donors (Lipinski definition) is 0. The van der Waals surface area contributed by atoms with Crippen LogP contribution in [0.15, 0.2) is 34.8 Å². The van der Waals surface area contributed by atoms with Gasteiger partial charge >= 0.3 is 0 Å². The maximum Gasteiger partial charge on any atom is 0.173 e. The van der Waals surface area contributed by atoms with Crippen LogP contribution in [0.2, 0.25) is 0 Å². The molecule has 0 radical (unpaired) electrons. The standard InChI is InChI=1S/C16H13BrF2O/c1-9-3-10(2)5-11(4-9)6-15(20)16-13(18)7-12(17)8-14(16)19/h3-5,7-8H,6H2,1-2H3. The lowest BCUT2D eigenvalue weighted by atomic mass is 9.99. The lowest BCUT2D eigenvalue weighted by molar-refractivity contribution is 0.0985. The van der Waals surface area contributed by atoms with Gasteiger partial charge in [-0.05, 0) is 31.5 Å². The molecule has 0 heterocycles. The summed E-state index contributed by atoms with van der Waals surface area (Å²) in [6.07, 6.45) is -0.0159. The van der Waals surface area contributed by atoms with Gasteiger partial charge in [-0.25, -0.2) is 8.78 Å². The molecule has 2 aromatic carbocycles. The van der Waals surface area contributed by atoms with Crippen LogP contribution in [-0.4, -0.2) is 5.78 Å². The van der Waals surface area contributed by atoms with E-state index >= 15 is 0 Å². The highest BCUT2D eigenvalue weighted by atomic mass is 79.9. The summed E-state index contributed by atoms with van der Waals surface area (Å²) in [4.78, 5) is 12.1. The smallest absolute Gasteiger partial charge is 0.173 e. The summed E-state index contributed by atoms with van der Waals surface area (Å²) in [5.41, 5.74) is 2.32. The van der Waals surface area contributed by atoms with Gasteiger partial charge in [0.1, 0.15) is 11.6 Å². The third-order valence-corrected chi connectivity index (χ3v) is 3.39. The predicted molar refractivity (Wildman–Crippen MR) is 78.0 cm³/mol. The molecule has 0 fully saturated rings. The Morgan fingerprint density at radius 2 is 1.50 bits per heavy atom. The van der Waals surface area contributed by atoms with E-state index < -0.39 is 23.0 Å². The van der Waals surface area contributed by atoms with Crippen LogP contribution in [0.5, 0.6) is 0 Å². The molecule has 0 aliphatic rings. The summed E-state index contributed by atoms with van der Waals surface area (Å²) in [6.45, 7) is 3.84. The van der Waals surface area contributed by atoms with Crippen molar-refractivity contribution in [1.29, 1.82) is 0 Å². The van der Waals surface area contributed by atoms with Crippen molar-refractivity contribution in [2.75, 3.05) is 0 Å². The van der Waals surface area contributed by atoms with Gasteiger partial charge in [-0.3, -0.25) is 4.79 Å². The fourth-order valence-electron chi connectivity index (χ4n) is 2.25. The van der Waals surface area contributed by atoms with Gasteiger partial charge in [0, 0.05) is 10.9 Å². The molecule has 0 saturated carbocycles. The molecule has 0 aliphatic carbocycles. The summed E-state index contributed by atoms with van der Waals surface area (Å²) in [7, 11) is 0. The van der Waals surface area contributed by atoms with E-state index in [0.717, 1.165) is 28.8 Å². The molecule has 0 aliphatic heterocycles. The Bertz CT molecular complexity index is 637. The number of ketones is 1. The van der Waals surface area contributed by atoms with Gasteiger partial charge in [-0.2, -0.15) is 0 Å². The topological polar surface area (TPSA) is 17.1 Å². The SMILES string of the molecule is Cc1cc(C)cc(CC(=O)c2c(F)cc(Br)cc2F)c1. The van der Waals surface area contributed by atoms with Crippen molar-refractivity contribution < 1.29 is 13.6 Å². The second-order valence-electron chi connectivity index (χ2n) is 4.84. The number of benzene rings is 2. The van der Waals surface area contributed by atoms with Crippen molar-refractivity contribution >= 4 is 21.7 Å². The average Bonchev–Trinajstić information content (AvgIpc) is 2.25. The zero-order valence-electron chi connectivity index (χ0n) is 11.1.